The standard InChI is InChI=1S/C9H9BrINO/c1-6(11)9(13)12-8-4-2-7(10)3-5-8/h2-6H,1H3,(H,12,13). The molecule has 0 aromatic heterocycles. The summed E-state index contributed by atoms with van der Waals surface area (Å²) in [5.74, 6) is 0.0305. The number of anilines is 1. The molecule has 70 valence electrons. The predicted molar refractivity (Wildman–Crippen MR) is 66.3 cm³/mol. The third-order valence-corrected chi connectivity index (χ3v) is 2.57. The number of carbonyl (C=O) groups excluding carboxylic acids is 1. The average Bonchev–Trinajstić information content (AvgIpc) is 2.08. The van der Waals surface area contributed by atoms with Crippen LogP contribution in [0.25, 0.3) is 0 Å². The zero-order chi connectivity index (χ0) is 9.84. The summed E-state index contributed by atoms with van der Waals surface area (Å²) in [6.45, 7) is 1.86. The largest absolute Gasteiger partial charge is 0.325 e. The van der Waals surface area contributed by atoms with E-state index in [0.29, 0.717) is 0 Å². The first-order valence-corrected chi connectivity index (χ1v) is 5.84. The fraction of sp³-hybridized carbons (Fsp3) is 0.222. The molecule has 0 aliphatic rings. The van der Waals surface area contributed by atoms with Gasteiger partial charge in [-0.05, 0) is 31.2 Å². The second-order valence-electron chi connectivity index (χ2n) is 2.61. The number of hydrogen-bond donors (Lipinski definition) is 1. The van der Waals surface area contributed by atoms with E-state index in [9.17, 15) is 4.79 Å². The van der Waals surface area contributed by atoms with Crippen LogP contribution < -0.4 is 5.32 Å². The van der Waals surface area contributed by atoms with Gasteiger partial charge in [0.1, 0.15) is 0 Å². The van der Waals surface area contributed by atoms with Crippen molar-refractivity contribution in [2.45, 2.75) is 10.8 Å². The van der Waals surface area contributed by atoms with Crippen LogP contribution in [0.4, 0.5) is 5.69 Å². The summed E-state index contributed by atoms with van der Waals surface area (Å²) in [6.07, 6.45) is 0. The summed E-state index contributed by atoms with van der Waals surface area (Å²) >= 11 is 5.41. The SMILES string of the molecule is CC(I)C(=O)Nc1ccc(Br)cc1. The second-order valence-corrected chi connectivity index (χ2v) is 5.40. The second kappa shape index (κ2) is 4.95. The smallest absolute Gasteiger partial charge is 0.237 e. The Balaban J connectivity index is 2.65. The minimum absolute atomic E-state index is 0.0127. The molecule has 1 unspecified atom stereocenters. The number of rotatable bonds is 2. The van der Waals surface area contributed by atoms with Crippen LogP contribution in [-0.2, 0) is 4.79 Å². The lowest BCUT2D eigenvalue weighted by Crippen LogP contribution is -2.19. The fourth-order valence-corrected chi connectivity index (χ4v) is 1.19. The monoisotopic (exact) mass is 353 g/mol. The van der Waals surface area contributed by atoms with Gasteiger partial charge in [0.2, 0.25) is 5.91 Å². The van der Waals surface area contributed by atoms with E-state index < -0.39 is 0 Å². The molecule has 0 radical (unpaired) electrons. The van der Waals surface area contributed by atoms with Gasteiger partial charge in [0.15, 0.2) is 0 Å². The molecule has 0 saturated heterocycles. The van der Waals surface area contributed by atoms with Crippen molar-refractivity contribution in [3.63, 3.8) is 0 Å². The molecule has 0 saturated carbocycles. The van der Waals surface area contributed by atoms with Crippen LogP contribution in [0.15, 0.2) is 28.7 Å². The Labute approximate surface area is 99.4 Å². The summed E-state index contributed by atoms with van der Waals surface area (Å²) in [5.41, 5.74) is 0.830. The van der Waals surface area contributed by atoms with Crippen LogP contribution >= 0.6 is 38.5 Å². The van der Waals surface area contributed by atoms with E-state index in [1.165, 1.54) is 0 Å². The Morgan fingerprint density at radius 2 is 2.00 bits per heavy atom. The lowest BCUT2D eigenvalue weighted by atomic mass is 10.3. The highest BCUT2D eigenvalue weighted by Gasteiger charge is 2.07. The number of alkyl halides is 1. The number of nitrogens with one attached hydrogen (secondary N) is 1. The van der Waals surface area contributed by atoms with Gasteiger partial charge in [0.05, 0.1) is 3.92 Å². The Morgan fingerprint density at radius 3 is 2.46 bits per heavy atom. The summed E-state index contributed by atoms with van der Waals surface area (Å²) in [5, 5.41) is 2.80. The minimum atomic E-state index is -0.0127. The Kier molecular flexibility index (Phi) is 4.18. The van der Waals surface area contributed by atoms with E-state index >= 15 is 0 Å². The van der Waals surface area contributed by atoms with E-state index in [-0.39, 0.29) is 9.83 Å². The highest BCUT2D eigenvalue weighted by Crippen LogP contribution is 2.14. The van der Waals surface area contributed by atoms with Gasteiger partial charge in [-0.15, -0.1) is 0 Å². The van der Waals surface area contributed by atoms with E-state index in [1.54, 1.807) is 0 Å². The number of amides is 1. The summed E-state index contributed by atoms with van der Waals surface area (Å²) in [6, 6.07) is 7.52. The van der Waals surface area contributed by atoms with Gasteiger partial charge in [-0.2, -0.15) is 0 Å². The zero-order valence-corrected chi connectivity index (χ0v) is 10.8. The Bertz CT molecular complexity index is 297. The molecule has 4 heteroatoms. The maximum atomic E-state index is 11.3. The maximum absolute atomic E-state index is 11.3. The van der Waals surface area contributed by atoms with Crippen LogP contribution in [0.1, 0.15) is 6.92 Å². The predicted octanol–water partition coefficient (Wildman–Crippen LogP) is 3.21. The minimum Gasteiger partial charge on any atom is -0.325 e. The molecular formula is C9H9BrINO. The molecule has 13 heavy (non-hydrogen) atoms. The molecule has 0 spiro atoms. The molecule has 1 aromatic carbocycles. The Morgan fingerprint density at radius 1 is 1.46 bits per heavy atom. The van der Waals surface area contributed by atoms with Crippen molar-refractivity contribution >= 4 is 50.1 Å². The topological polar surface area (TPSA) is 29.1 Å². The first-order chi connectivity index (χ1) is 6.09. The fourth-order valence-electron chi connectivity index (χ4n) is 0.775. The van der Waals surface area contributed by atoms with Crippen molar-refractivity contribution in [1.82, 2.24) is 0 Å². The van der Waals surface area contributed by atoms with Crippen LogP contribution in [-0.4, -0.2) is 9.83 Å². The highest BCUT2D eigenvalue weighted by molar-refractivity contribution is 14.1. The van der Waals surface area contributed by atoms with E-state index in [4.69, 9.17) is 0 Å². The molecule has 1 rings (SSSR count). The molecule has 1 atom stereocenters. The lowest BCUT2D eigenvalue weighted by Gasteiger charge is -2.05. The molecular weight excluding hydrogens is 345 g/mol. The first-order valence-electron chi connectivity index (χ1n) is 3.80. The molecule has 0 fully saturated rings. The maximum Gasteiger partial charge on any atom is 0.237 e. The van der Waals surface area contributed by atoms with E-state index in [0.717, 1.165) is 10.2 Å². The average molecular weight is 354 g/mol. The molecule has 1 amide bonds. The number of halogens is 2. The van der Waals surface area contributed by atoms with Crippen LogP contribution in [0.3, 0.4) is 0 Å². The third kappa shape index (κ3) is 3.64. The van der Waals surface area contributed by atoms with Gasteiger partial charge in [0, 0.05) is 10.2 Å². The quantitative estimate of drug-likeness (QED) is 0.642. The van der Waals surface area contributed by atoms with Gasteiger partial charge in [-0.25, -0.2) is 0 Å². The normalized spacial score (nSPS) is 12.2. The first kappa shape index (κ1) is 11.0. The van der Waals surface area contributed by atoms with E-state index in [1.807, 2.05) is 31.2 Å². The third-order valence-electron chi connectivity index (χ3n) is 1.47. The van der Waals surface area contributed by atoms with Crippen LogP contribution in [0, 0.1) is 0 Å². The Hall–Kier alpha value is -0.100. The highest BCUT2D eigenvalue weighted by atomic mass is 127. The summed E-state index contributed by atoms with van der Waals surface area (Å²) in [4.78, 5) is 11.3. The van der Waals surface area contributed by atoms with E-state index in [2.05, 4.69) is 43.8 Å². The van der Waals surface area contributed by atoms with Gasteiger partial charge >= 0.3 is 0 Å². The molecule has 1 N–H and O–H groups in total. The van der Waals surface area contributed by atoms with Crippen molar-refractivity contribution in [2.75, 3.05) is 5.32 Å². The number of carbonyl (C=O) groups is 1. The molecule has 0 heterocycles. The molecule has 1 aromatic rings. The lowest BCUT2D eigenvalue weighted by molar-refractivity contribution is -0.115. The molecule has 0 bridgehead atoms. The summed E-state index contributed by atoms with van der Waals surface area (Å²) in [7, 11) is 0. The zero-order valence-electron chi connectivity index (χ0n) is 7.05. The van der Waals surface area contributed by atoms with Crippen molar-refractivity contribution in [3.8, 4) is 0 Å². The van der Waals surface area contributed by atoms with Crippen molar-refractivity contribution in [3.05, 3.63) is 28.7 Å². The molecule has 0 aliphatic heterocycles. The van der Waals surface area contributed by atoms with Crippen molar-refractivity contribution < 1.29 is 4.79 Å². The molecule has 0 aliphatic carbocycles. The van der Waals surface area contributed by atoms with Gasteiger partial charge in [-0.3, -0.25) is 4.79 Å². The van der Waals surface area contributed by atoms with Gasteiger partial charge in [0.25, 0.3) is 0 Å². The van der Waals surface area contributed by atoms with Crippen LogP contribution in [0.5, 0.6) is 0 Å². The van der Waals surface area contributed by atoms with Crippen molar-refractivity contribution in [1.29, 1.82) is 0 Å². The number of benzene rings is 1. The van der Waals surface area contributed by atoms with Crippen LogP contribution in [0.2, 0.25) is 0 Å². The number of hydrogen-bond acceptors (Lipinski definition) is 1. The summed E-state index contributed by atoms with van der Waals surface area (Å²) < 4.78 is 0.995. The molecule has 2 nitrogen and oxygen atoms in total. The van der Waals surface area contributed by atoms with Gasteiger partial charge in [-0.1, -0.05) is 38.5 Å². The van der Waals surface area contributed by atoms with Crippen molar-refractivity contribution in [2.24, 2.45) is 0 Å². The van der Waals surface area contributed by atoms with Gasteiger partial charge < -0.3 is 5.32 Å².